The zero-order chi connectivity index (χ0) is 85.3. The first-order valence-corrected chi connectivity index (χ1v) is 45.2. The minimum Gasteiger partial charge on any atom is -0.472 e. The Morgan fingerprint density at radius 3 is 1.47 bits per heavy atom. The lowest BCUT2D eigenvalue weighted by Crippen LogP contribution is -2.60. The molecule has 624 valence electrons. The molecule has 10 rings (SSSR count). The number of aryl methyl sites for hydroxylation is 2. The van der Waals surface area contributed by atoms with Gasteiger partial charge in [-0.1, -0.05) is 110 Å². The first kappa shape index (κ1) is 93.5. The highest BCUT2D eigenvalue weighted by Gasteiger charge is 2.64. The van der Waals surface area contributed by atoms with Crippen LogP contribution in [0.25, 0.3) is 21.5 Å². The fourth-order valence-electron chi connectivity index (χ4n) is 12.8. The van der Waals surface area contributed by atoms with Crippen molar-refractivity contribution in [1.82, 2.24) is 50.5 Å². The first-order chi connectivity index (χ1) is 52.3. The maximum absolute atomic E-state index is 14.4. The Morgan fingerprint density at radius 2 is 1.06 bits per heavy atom. The van der Waals surface area contributed by atoms with E-state index in [1.165, 1.54) is 22.0 Å². The molecule has 6 fully saturated rings. The molecule has 4 aliphatic carbocycles. The summed E-state index contributed by atoms with van der Waals surface area (Å²) in [5.41, 5.74) is -4.80. The molecule has 33 heteroatoms. The summed E-state index contributed by atoms with van der Waals surface area (Å²) in [6.45, 7) is 51.5. The Labute approximate surface area is 674 Å². The second kappa shape index (κ2) is 37.1. The topological polar surface area (TPSA) is 376 Å². The average molecular weight is 1700 g/mol. The van der Waals surface area contributed by atoms with Gasteiger partial charge < -0.3 is 59.9 Å². The summed E-state index contributed by atoms with van der Waals surface area (Å²) in [5, 5.41) is 22.7. The normalized spacial score (nSPS) is 22.5. The highest BCUT2D eigenvalue weighted by atomic mass is 79.9. The lowest BCUT2D eigenvalue weighted by Gasteiger charge is -2.36. The van der Waals surface area contributed by atoms with Crippen molar-refractivity contribution in [3.8, 4) is 11.6 Å². The van der Waals surface area contributed by atoms with Gasteiger partial charge in [0.25, 0.3) is 11.8 Å². The molecule has 6 aliphatic rings. The largest absolute Gasteiger partial charge is 0.472 e. The summed E-state index contributed by atoms with van der Waals surface area (Å²) in [5.74, 6) is -4.77. The Balaban J connectivity index is 0.000000278. The van der Waals surface area contributed by atoms with Crippen LogP contribution < -0.4 is 40.2 Å². The summed E-state index contributed by atoms with van der Waals surface area (Å²) in [6, 6.07) is 11.4. The van der Waals surface area contributed by atoms with Gasteiger partial charge in [-0.15, -0.1) is 39.5 Å². The van der Waals surface area contributed by atoms with Crippen LogP contribution in [0.1, 0.15) is 146 Å². The van der Waals surface area contributed by atoms with E-state index in [1.807, 2.05) is 43.3 Å². The molecular formula is C80H116BrFN10O18S2Si. The minimum atomic E-state index is -3.89. The van der Waals surface area contributed by atoms with E-state index in [4.69, 9.17) is 23.7 Å². The van der Waals surface area contributed by atoms with Crippen molar-refractivity contribution in [2.24, 2.45) is 22.7 Å². The number of β-amino-alcohol motifs (C(OH)–C–C–N with tert-alkyl or cyclic N) is 1. The monoisotopic (exact) mass is 1690 g/mol. The van der Waals surface area contributed by atoms with Crippen molar-refractivity contribution in [2.75, 3.05) is 26.5 Å². The summed E-state index contributed by atoms with van der Waals surface area (Å²) in [4.78, 5) is 119. The number of rotatable bonds is 24. The number of nitrogens with zero attached hydrogens (tertiary/aromatic N) is 4. The molecule has 4 saturated carbocycles. The summed E-state index contributed by atoms with van der Waals surface area (Å²) in [7, 11) is -8.83. The second-order valence-electron chi connectivity index (χ2n) is 34.4. The van der Waals surface area contributed by atoms with Gasteiger partial charge in [0.2, 0.25) is 55.5 Å². The molecule has 113 heavy (non-hydrogen) atoms. The third kappa shape index (κ3) is 24.6. The van der Waals surface area contributed by atoms with E-state index >= 15 is 0 Å². The number of fused-ring (bicyclic) bond motifs is 2. The van der Waals surface area contributed by atoms with Crippen LogP contribution >= 0.6 is 15.9 Å². The molecular weight excluding hydrogens is 1580 g/mol. The Morgan fingerprint density at radius 1 is 0.646 bits per heavy atom. The van der Waals surface area contributed by atoms with E-state index in [9.17, 15) is 64.7 Å². The van der Waals surface area contributed by atoms with Crippen LogP contribution in [0.3, 0.4) is 0 Å². The molecule has 4 heterocycles. The van der Waals surface area contributed by atoms with Gasteiger partial charge >= 0.3 is 12.2 Å². The zero-order valence-corrected chi connectivity index (χ0v) is 72.4. The third-order valence-corrected chi connectivity index (χ3v) is 25.5. The van der Waals surface area contributed by atoms with Gasteiger partial charge in [-0.3, -0.25) is 38.2 Å². The highest BCUT2D eigenvalue weighted by molar-refractivity contribution is 9.10. The zero-order valence-electron chi connectivity index (χ0n) is 68.2. The highest BCUT2D eigenvalue weighted by Crippen LogP contribution is 2.47. The van der Waals surface area contributed by atoms with Crippen molar-refractivity contribution in [3.05, 3.63) is 122 Å². The number of carbonyl (C=O) groups is 8. The fourth-order valence-corrected chi connectivity index (χ4v) is 16.7. The van der Waals surface area contributed by atoms with E-state index in [0.717, 1.165) is 27.8 Å². The predicted molar refractivity (Wildman–Crippen MR) is 437 cm³/mol. The molecule has 28 nitrogen and oxygen atoms in total. The molecule has 2 aliphatic heterocycles. The van der Waals surface area contributed by atoms with E-state index in [-0.39, 0.29) is 45.6 Å². The van der Waals surface area contributed by atoms with Gasteiger partial charge in [0, 0.05) is 62.1 Å². The lowest BCUT2D eigenvalue weighted by molar-refractivity contribution is -0.143. The SMILES string of the molecule is C=C.C=C.C=CC1C[C@]1(NC(=O)[C@@H]1C[C@@H](O)CN1C(=O)[C@@H](NC(=O)OC(C)(C)C)C(C)(C)C)C(=O)NS(=O)(=O)C1CC1.C=CC1C[C@]1(NC(=O)[C@@H]1C[C@@H](Oc2nc(Br)c(C)c3ccccc23)CN1C(=O)[C@@H](NC(=O)OC(C)(C)C)C(C)(C)C)C(=O)NS(=O)(=O)C1CC1.Cc1nc(F)c2ccccc2c1OCOCC[Si](C)(C)C. The van der Waals surface area contributed by atoms with Gasteiger partial charge in [-0.25, -0.2) is 36.4 Å². The maximum Gasteiger partial charge on any atom is 0.408 e. The van der Waals surface area contributed by atoms with E-state index in [0.29, 0.717) is 59.6 Å². The molecule has 7 N–H and O–H groups in total. The number of amides is 8. The van der Waals surface area contributed by atoms with Gasteiger partial charge in [-0.05, 0) is 150 Å². The molecule has 2 unspecified atom stereocenters. The molecule has 2 aromatic heterocycles. The molecule has 8 amide bonds. The first-order valence-electron chi connectivity index (χ1n) is 37.6. The van der Waals surface area contributed by atoms with Crippen LogP contribution in [0.4, 0.5) is 14.0 Å². The predicted octanol–water partition coefficient (Wildman–Crippen LogP) is 10.8. The molecule has 2 saturated heterocycles. The molecule has 4 aromatic rings. The van der Waals surface area contributed by atoms with Crippen LogP contribution in [0, 0.1) is 42.5 Å². The fraction of sp³-hybridized carbons (Fsp3) is 0.575. The van der Waals surface area contributed by atoms with Crippen LogP contribution in [0.2, 0.25) is 25.7 Å². The molecule has 0 bridgehead atoms. The van der Waals surface area contributed by atoms with Crippen LogP contribution in [0.15, 0.2) is 105 Å². The number of halogens is 2. The van der Waals surface area contributed by atoms with Crippen molar-refractivity contribution in [3.63, 3.8) is 0 Å². The number of ether oxygens (including phenoxy) is 5. The standard InChI is InChI=1S/C35H46BrN5O8S.C25H40N4O8S.C16H22FNO2Si.2C2H4/c1-9-20-17-35(20,31(44)40-50(46,47)22-14-15-22)39-28(42)25-16-21(48-29-24-13-11-10-12-23(24)19(2)27(36)38-29)18-41(25)30(43)26(33(3,4)5)37-32(45)49-34(6,7)8;1-8-14-12-25(14,21(33)28-38(35,36)16-9-10-16)27-19(31)17-11-15(30)13-29(17)20(32)18(23(2,3)4)26-22(34)37-24(5,6)7;1-12-15(20-11-19-9-10-21(2,3)4)13-7-5-6-8-14(13)16(17)18-12;2*1-2/h9-13,20-22,25-26H,1,14-18H2,2-8H3,(H,37,45)(H,39,42)(H,40,44);8,14-18,30H,1,9-13H2,2-7H3,(H,26,34)(H,27,31)(H,28,33);5-8H,9-11H2,1-4H3;2*1-2H2/t20?,21-,25+,26-,35-;14?,15-,17+,18-,25-;;;/m11.../s1. The number of carbonyl (C=O) groups excluding carboxylic acids is 8. The van der Waals surface area contributed by atoms with Crippen molar-refractivity contribution in [2.45, 2.75) is 243 Å². The smallest absolute Gasteiger partial charge is 0.408 e. The number of hydrogen-bond acceptors (Lipinski definition) is 20. The second-order valence-corrected chi connectivity index (χ2v) is 44.6. The molecule has 0 radical (unpaired) electrons. The van der Waals surface area contributed by atoms with Gasteiger partial charge in [0.1, 0.15) is 57.2 Å². The van der Waals surface area contributed by atoms with Gasteiger partial charge in [-0.2, -0.15) is 4.39 Å². The third-order valence-electron chi connectivity index (χ3n) is 19.4. The molecule has 10 atom stereocenters. The van der Waals surface area contributed by atoms with Crippen molar-refractivity contribution >= 4 is 113 Å². The Kier molecular flexibility index (Phi) is 30.7. The molecule has 0 spiro atoms. The van der Waals surface area contributed by atoms with E-state index in [2.05, 4.69) is 116 Å². The number of hydrogen-bond donors (Lipinski definition) is 7. The van der Waals surface area contributed by atoms with Gasteiger partial charge in [0.05, 0.1) is 28.8 Å². The number of alkyl carbamates (subject to hydrolysis) is 2. The van der Waals surface area contributed by atoms with Crippen LogP contribution in [-0.2, 0) is 63.0 Å². The number of benzene rings is 2. The van der Waals surface area contributed by atoms with Crippen molar-refractivity contribution < 1.29 is 88.4 Å². The number of nitrogens with one attached hydrogen (secondary N) is 6. The maximum atomic E-state index is 14.4. The van der Waals surface area contributed by atoms with E-state index in [1.54, 1.807) is 102 Å². The Bertz CT molecular complexity index is 4440. The minimum absolute atomic E-state index is 0.0270. The van der Waals surface area contributed by atoms with Crippen LogP contribution in [-0.4, -0.2) is 193 Å². The van der Waals surface area contributed by atoms with Gasteiger partial charge in [0.15, 0.2) is 12.5 Å². The average Bonchev–Trinajstić information content (AvgIpc) is 1.59. The number of pyridine rings is 2. The quantitative estimate of drug-likeness (QED) is 0.0113. The van der Waals surface area contributed by atoms with E-state index < -0.39 is 174 Å². The summed E-state index contributed by atoms with van der Waals surface area (Å²) < 4.78 is 97.0. The number of aliphatic hydroxyl groups is 1. The number of aromatic nitrogens is 2. The number of sulfonamides is 2. The van der Waals surface area contributed by atoms with Crippen LogP contribution in [0.5, 0.6) is 11.6 Å². The lowest BCUT2D eigenvalue weighted by atomic mass is 9.85. The number of aliphatic hydroxyl groups excluding tert-OH is 1. The van der Waals surface area contributed by atoms with Crippen molar-refractivity contribution in [1.29, 1.82) is 0 Å². The Hall–Kier alpha value is -8.37. The summed E-state index contributed by atoms with van der Waals surface area (Å²) >= 11 is 3.51. The summed E-state index contributed by atoms with van der Waals surface area (Å²) in [6.07, 6.45) is 1.75. The molecule has 2 aromatic carbocycles. The number of likely N-dealkylation sites (tertiary alicyclic amines) is 2.